The third kappa shape index (κ3) is 3.18. The summed E-state index contributed by atoms with van der Waals surface area (Å²) in [7, 11) is -4.07. The van der Waals surface area contributed by atoms with Crippen molar-refractivity contribution in [1.29, 1.82) is 0 Å². The van der Waals surface area contributed by atoms with Crippen LogP contribution in [0.1, 0.15) is 15.5 Å². The number of aromatic nitrogens is 1. The standard InChI is InChI=1S/C11H10FN3O3S2/c1-6-14-9(5-19-6)11(16)15-8-4-7(12)2-3-10(8)20(13,17)18/h2-5H,1H3,(H,15,16)(H2,13,17,18). The van der Waals surface area contributed by atoms with E-state index in [2.05, 4.69) is 10.3 Å². The molecule has 0 atom stereocenters. The number of hydrogen-bond acceptors (Lipinski definition) is 5. The summed E-state index contributed by atoms with van der Waals surface area (Å²) in [6.07, 6.45) is 0. The van der Waals surface area contributed by atoms with Crippen molar-refractivity contribution in [2.45, 2.75) is 11.8 Å². The van der Waals surface area contributed by atoms with E-state index in [0.717, 1.165) is 18.2 Å². The number of halogens is 1. The summed E-state index contributed by atoms with van der Waals surface area (Å²) in [6, 6.07) is 2.83. The number of thiazole rings is 1. The highest BCUT2D eigenvalue weighted by molar-refractivity contribution is 7.89. The lowest BCUT2D eigenvalue weighted by molar-refractivity contribution is 0.102. The van der Waals surface area contributed by atoms with Gasteiger partial charge in [0.25, 0.3) is 5.91 Å². The van der Waals surface area contributed by atoms with Gasteiger partial charge in [-0.1, -0.05) is 0 Å². The van der Waals surface area contributed by atoms with Crippen LogP contribution in [0.25, 0.3) is 0 Å². The number of primary sulfonamides is 1. The zero-order chi connectivity index (χ0) is 14.9. The molecule has 0 aliphatic rings. The van der Waals surface area contributed by atoms with E-state index in [-0.39, 0.29) is 16.3 Å². The maximum Gasteiger partial charge on any atom is 0.275 e. The number of benzene rings is 1. The van der Waals surface area contributed by atoms with Gasteiger partial charge in [0.15, 0.2) is 0 Å². The van der Waals surface area contributed by atoms with Gasteiger partial charge in [-0.2, -0.15) is 0 Å². The molecule has 0 aliphatic heterocycles. The average Bonchev–Trinajstić information content (AvgIpc) is 2.74. The molecule has 0 aliphatic carbocycles. The van der Waals surface area contributed by atoms with Gasteiger partial charge in [-0.05, 0) is 25.1 Å². The molecule has 0 unspecified atom stereocenters. The van der Waals surface area contributed by atoms with Gasteiger partial charge < -0.3 is 5.32 Å². The Morgan fingerprint density at radius 1 is 1.45 bits per heavy atom. The fourth-order valence-electron chi connectivity index (χ4n) is 1.50. The van der Waals surface area contributed by atoms with Crippen LogP contribution in [0.3, 0.4) is 0 Å². The van der Waals surface area contributed by atoms with E-state index in [9.17, 15) is 17.6 Å². The number of nitrogens with one attached hydrogen (secondary N) is 1. The van der Waals surface area contributed by atoms with Crippen molar-refractivity contribution in [3.63, 3.8) is 0 Å². The third-order valence-electron chi connectivity index (χ3n) is 2.35. The second-order valence-electron chi connectivity index (χ2n) is 3.89. The van der Waals surface area contributed by atoms with Gasteiger partial charge in [-0.15, -0.1) is 11.3 Å². The van der Waals surface area contributed by atoms with Gasteiger partial charge in [0, 0.05) is 5.38 Å². The Balaban J connectivity index is 2.38. The highest BCUT2D eigenvalue weighted by Crippen LogP contribution is 2.22. The van der Waals surface area contributed by atoms with Crippen molar-refractivity contribution in [3.8, 4) is 0 Å². The SMILES string of the molecule is Cc1nc(C(=O)Nc2cc(F)ccc2S(N)(=O)=O)cs1. The van der Waals surface area contributed by atoms with Crippen LogP contribution < -0.4 is 10.5 Å². The third-order valence-corrected chi connectivity index (χ3v) is 4.09. The largest absolute Gasteiger partial charge is 0.319 e. The molecular weight excluding hydrogens is 305 g/mol. The summed E-state index contributed by atoms with van der Waals surface area (Å²) in [5.74, 6) is -1.33. The molecule has 0 saturated heterocycles. The second-order valence-corrected chi connectivity index (χ2v) is 6.48. The van der Waals surface area contributed by atoms with Crippen LogP contribution in [0.5, 0.6) is 0 Å². The van der Waals surface area contributed by atoms with Crippen molar-refractivity contribution in [2.75, 3.05) is 5.32 Å². The number of anilines is 1. The molecule has 1 aromatic heterocycles. The Bertz CT molecular complexity index is 771. The molecule has 6 nitrogen and oxygen atoms in total. The highest BCUT2D eigenvalue weighted by Gasteiger charge is 2.18. The molecule has 9 heteroatoms. The van der Waals surface area contributed by atoms with Crippen molar-refractivity contribution in [1.82, 2.24) is 4.98 Å². The first-order chi connectivity index (χ1) is 9.27. The van der Waals surface area contributed by atoms with E-state index in [4.69, 9.17) is 5.14 Å². The zero-order valence-electron chi connectivity index (χ0n) is 10.3. The van der Waals surface area contributed by atoms with E-state index in [1.165, 1.54) is 16.7 Å². The van der Waals surface area contributed by atoms with E-state index >= 15 is 0 Å². The quantitative estimate of drug-likeness (QED) is 0.895. The van der Waals surface area contributed by atoms with Gasteiger partial charge in [-0.25, -0.2) is 22.9 Å². The number of carbonyl (C=O) groups excluding carboxylic acids is 1. The Morgan fingerprint density at radius 3 is 2.70 bits per heavy atom. The molecule has 1 amide bonds. The summed E-state index contributed by atoms with van der Waals surface area (Å²) >= 11 is 1.27. The second kappa shape index (κ2) is 5.27. The van der Waals surface area contributed by atoms with Crippen LogP contribution in [0.2, 0.25) is 0 Å². The Labute approximate surface area is 118 Å². The van der Waals surface area contributed by atoms with Gasteiger partial charge in [0.2, 0.25) is 10.0 Å². The maximum absolute atomic E-state index is 13.2. The van der Waals surface area contributed by atoms with Gasteiger partial charge in [-0.3, -0.25) is 4.79 Å². The number of rotatable bonds is 3. The molecular formula is C11H10FN3O3S2. The molecule has 0 bridgehead atoms. The number of aryl methyl sites for hydroxylation is 1. The number of amides is 1. The lowest BCUT2D eigenvalue weighted by Gasteiger charge is -2.08. The smallest absolute Gasteiger partial charge is 0.275 e. The molecule has 0 spiro atoms. The fourth-order valence-corrected chi connectivity index (χ4v) is 2.77. The summed E-state index contributed by atoms with van der Waals surface area (Å²) in [5.41, 5.74) is -0.0970. The molecule has 0 radical (unpaired) electrons. The summed E-state index contributed by atoms with van der Waals surface area (Å²) in [4.78, 5) is 15.5. The first kappa shape index (κ1) is 14.6. The predicted molar refractivity (Wildman–Crippen MR) is 72.6 cm³/mol. The minimum absolute atomic E-state index is 0.122. The molecule has 20 heavy (non-hydrogen) atoms. The molecule has 0 saturated carbocycles. The van der Waals surface area contributed by atoms with Crippen LogP contribution in [-0.2, 0) is 10.0 Å². The van der Waals surface area contributed by atoms with E-state index in [1.807, 2.05) is 0 Å². The molecule has 2 aromatic rings. The lowest BCUT2D eigenvalue weighted by Crippen LogP contribution is -2.19. The number of nitrogens with zero attached hydrogens (tertiary/aromatic N) is 1. The molecule has 1 aromatic carbocycles. The van der Waals surface area contributed by atoms with Crippen molar-refractivity contribution in [2.24, 2.45) is 5.14 Å². The number of sulfonamides is 1. The average molecular weight is 315 g/mol. The van der Waals surface area contributed by atoms with Gasteiger partial charge in [0.1, 0.15) is 16.4 Å². The monoisotopic (exact) mass is 315 g/mol. The summed E-state index contributed by atoms with van der Waals surface area (Å²) in [6.45, 7) is 1.72. The molecule has 2 rings (SSSR count). The minimum Gasteiger partial charge on any atom is -0.319 e. The maximum atomic E-state index is 13.2. The van der Waals surface area contributed by atoms with Crippen molar-refractivity contribution < 1.29 is 17.6 Å². The Morgan fingerprint density at radius 2 is 2.15 bits per heavy atom. The fraction of sp³-hybridized carbons (Fsp3) is 0.0909. The Kier molecular flexibility index (Phi) is 3.84. The first-order valence-corrected chi connectivity index (χ1v) is 7.76. The predicted octanol–water partition coefficient (Wildman–Crippen LogP) is 1.49. The minimum atomic E-state index is -4.07. The van der Waals surface area contributed by atoms with Gasteiger partial charge >= 0.3 is 0 Å². The normalized spacial score (nSPS) is 11.3. The van der Waals surface area contributed by atoms with Crippen LogP contribution in [0.15, 0.2) is 28.5 Å². The Hall–Kier alpha value is -1.84. The van der Waals surface area contributed by atoms with Crippen LogP contribution >= 0.6 is 11.3 Å². The van der Waals surface area contributed by atoms with Crippen LogP contribution in [0.4, 0.5) is 10.1 Å². The molecule has 1 heterocycles. The van der Waals surface area contributed by atoms with E-state index < -0.39 is 21.7 Å². The van der Waals surface area contributed by atoms with Crippen molar-refractivity contribution >= 4 is 33.0 Å². The number of hydrogen-bond donors (Lipinski definition) is 2. The van der Waals surface area contributed by atoms with Gasteiger partial charge in [0.05, 0.1) is 10.7 Å². The first-order valence-electron chi connectivity index (χ1n) is 5.33. The number of carbonyl (C=O) groups is 1. The summed E-state index contributed by atoms with van der Waals surface area (Å²) in [5, 5.41) is 9.50. The summed E-state index contributed by atoms with van der Waals surface area (Å²) < 4.78 is 35.9. The number of nitrogens with two attached hydrogens (primary N) is 1. The van der Waals surface area contributed by atoms with Crippen molar-refractivity contribution in [3.05, 3.63) is 40.1 Å². The zero-order valence-corrected chi connectivity index (χ0v) is 11.9. The molecule has 0 fully saturated rings. The lowest BCUT2D eigenvalue weighted by atomic mass is 10.3. The molecule has 3 N–H and O–H groups in total. The van der Waals surface area contributed by atoms with Crippen LogP contribution in [-0.4, -0.2) is 19.3 Å². The highest BCUT2D eigenvalue weighted by atomic mass is 32.2. The molecule has 106 valence electrons. The topological polar surface area (TPSA) is 102 Å². The van der Waals surface area contributed by atoms with Crippen LogP contribution in [0, 0.1) is 12.7 Å². The van der Waals surface area contributed by atoms with E-state index in [1.54, 1.807) is 6.92 Å². The van der Waals surface area contributed by atoms with E-state index in [0.29, 0.717) is 5.01 Å².